The molecule has 3 nitrogen and oxygen atoms in total. The summed E-state index contributed by atoms with van der Waals surface area (Å²) < 4.78 is 4.71. The molecule has 12 heavy (non-hydrogen) atoms. The van der Waals surface area contributed by atoms with Crippen molar-refractivity contribution >= 4 is 0 Å². The highest BCUT2D eigenvalue weighted by Crippen LogP contribution is 2.10. The SMILES string of the molecule is CC(C)(C)CNCc1ccon1. The molecule has 1 aromatic rings. The van der Waals surface area contributed by atoms with Gasteiger partial charge in [0.15, 0.2) is 0 Å². The van der Waals surface area contributed by atoms with Gasteiger partial charge >= 0.3 is 0 Å². The van der Waals surface area contributed by atoms with Gasteiger partial charge in [-0.15, -0.1) is 0 Å². The van der Waals surface area contributed by atoms with E-state index in [1.54, 1.807) is 6.26 Å². The van der Waals surface area contributed by atoms with E-state index < -0.39 is 0 Å². The third-order valence-electron chi connectivity index (χ3n) is 1.45. The summed E-state index contributed by atoms with van der Waals surface area (Å²) >= 11 is 0. The van der Waals surface area contributed by atoms with Crippen LogP contribution in [-0.2, 0) is 6.54 Å². The van der Waals surface area contributed by atoms with Crippen molar-refractivity contribution in [2.75, 3.05) is 6.54 Å². The molecule has 1 N–H and O–H groups in total. The van der Waals surface area contributed by atoms with Crippen LogP contribution in [0.15, 0.2) is 16.9 Å². The van der Waals surface area contributed by atoms with Gasteiger partial charge in [0.05, 0.1) is 5.69 Å². The molecular formula is C9H16N2O. The Balaban J connectivity index is 2.20. The van der Waals surface area contributed by atoms with Crippen LogP contribution in [0.4, 0.5) is 0 Å². The second-order valence-corrected chi connectivity index (χ2v) is 4.15. The van der Waals surface area contributed by atoms with Crippen molar-refractivity contribution in [2.45, 2.75) is 27.3 Å². The van der Waals surface area contributed by atoms with Gasteiger partial charge in [-0.2, -0.15) is 0 Å². The molecule has 0 saturated carbocycles. The molecule has 3 heteroatoms. The van der Waals surface area contributed by atoms with Crippen molar-refractivity contribution in [1.29, 1.82) is 0 Å². The maximum absolute atomic E-state index is 4.71. The molecule has 0 bridgehead atoms. The molecule has 0 saturated heterocycles. The molecule has 0 aromatic carbocycles. The van der Waals surface area contributed by atoms with E-state index in [0.29, 0.717) is 5.41 Å². The molecule has 0 aliphatic heterocycles. The first-order valence-corrected chi connectivity index (χ1v) is 4.18. The number of rotatable bonds is 3. The van der Waals surface area contributed by atoms with Gasteiger partial charge in [-0.05, 0) is 5.41 Å². The first kappa shape index (κ1) is 9.26. The molecule has 1 aromatic heterocycles. The summed E-state index contributed by atoms with van der Waals surface area (Å²) in [6, 6.07) is 1.87. The highest BCUT2D eigenvalue weighted by atomic mass is 16.5. The van der Waals surface area contributed by atoms with Crippen LogP contribution in [0.25, 0.3) is 0 Å². The lowest BCUT2D eigenvalue weighted by molar-refractivity contribution is 0.369. The zero-order valence-electron chi connectivity index (χ0n) is 7.92. The monoisotopic (exact) mass is 168 g/mol. The Hall–Kier alpha value is -0.830. The third kappa shape index (κ3) is 3.53. The lowest BCUT2D eigenvalue weighted by atomic mass is 9.97. The van der Waals surface area contributed by atoms with Crippen LogP contribution in [0, 0.1) is 5.41 Å². The van der Waals surface area contributed by atoms with Crippen molar-refractivity contribution in [3.8, 4) is 0 Å². The van der Waals surface area contributed by atoms with Crippen molar-refractivity contribution in [3.63, 3.8) is 0 Å². The average molecular weight is 168 g/mol. The minimum atomic E-state index is 0.323. The number of hydrogen-bond donors (Lipinski definition) is 1. The zero-order valence-corrected chi connectivity index (χ0v) is 7.92. The number of hydrogen-bond acceptors (Lipinski definition) is 3. The van der Waals surface area contributed by atoms with Crippen LogP contribution in [0.3, 0.4) is 0 Å². The standard InChI is InChI=1S/C9H16N2O/c1-9(2,3)7-10-6-8-4-5-12-11-8/h4-5,10H,6-7H2,1-3H3. The molecule has 0 unspecified atom stereocenters. The predicted molar refractivity (Wildman–Crippen MR) is 47.7 cm³/mol. The number of nitrogens with one attached hydrogen (secondary N) is 1. The van der Waals surface area contributed by atoms with E-state index in [1.807, 2.05) is 6.07 Å². The summed E-state index contributed by atoms with van der Waals surface area (Å²) in [4.78, 5) is 0. The molecule has 0 amide bonds. The fourth-order valence-electron chi connectivity index (χ4n) is 0.894. The van der Waals surface area contributed by atoms with E-state index in [-0.39, 0.29) is 0 Å². The normalized spacial score (nSPS) is 11.9. The molecule has 1 rings (SSSR count). The van der Waals surface area contributed by atoms with Gasteiger partial charge in [0.25, 0.3) is 0 Å². The Labute approximate surface area is 73.1 Å². The lowest BCUT2D eigenvalue weighted by Gasteiger charge is -2.17. The van der Waals surface area contributed by atoms with Crippen LogP contribution in [0.2, 0.25) is 0 Å². The number of nitrogens with zero attached hydrogens (tertiary/aromatic N) is 1. The van der Waals surface area contributed by atoms with Gasteiger partial charge in [0.1, 0.15) is 6.26 Å². The van der Waals surface area contributed by atoms with E-state index in [4.69, 9.17) is 4.52 Å². The van der Waals surface area contributed by atoms with Gasteiger partial charge in [-0.1, -0.05) is 25.9 Å². The third-order valence-corrected chi connectivity index (χ3v) is 1.45. The molecule has 68 valence electrons. The van der Waals surface area contributed by atoms with Gasteiger partial charge in [0, 0.05) is 19.2 Å². The second kappa shape index (κ2) is 3.72. The fourth-order valence-corrected chi connectivity index (χ4v) is 0.894. The van der Waals surface area contributed by atoms with Crippen LogP contribution >= 0.6 is 0 Å². The average Bonchev–Trinajstić information content (AvgIpc) is 2.36. The quantitative estimate of drug-likeness (QED) is 0.748. The highest BCUT2D eigenvalue weighted by molar-refractivity contribution is 4.94. The van der Waals surface area contributed by atoms with Gasteiger partial charge in [0.2, 0.25) is 0 Å². The van der Waals surface area contributed by atoms with E-state index in [9.17, 15) is 0 Å². The summed E-state index contributed by atoms with van der Waals surface area (Å²) in [5.74, 6) is 0. The van der Waals surface area contributed by atoms with Crippen molar-refractivity contribution in [2.24, 2.45) is 5.41 Å². The Morgan fingerprint density at radius 2 is 2.25 bits per heavy atom. The Morgan fingerprint density at radius 3 is 2.75 bits per heavy atom. The van der Waals surface area contributed by atoms with E-state index >= 15 is 0 Å². The van der Waals surface area contributed by atoms with Crippen molar-refractivity contribution in [1.82, 2.24) is 10.5 Å². The number of aromatic nitrogens is 1. The molecule has 0 fully saturated rings. The minimum Gasteiger partial charge on any atom is -0.364 e. The summed E-state index contributed by atoms with van der Waals surface area (Å²) in [6.07, 6.45) is 1.59. The largest absolute Gasteiger partial charge is 0.364 e. The maximum atomic E-state index is 4.71. The lowest BCUT2D eigenvalue weighted by Crippen LogP contribution is -2.26. The summed E-state index contributed by atoms with van der Waals surface area (Å²) in [6.45, 7) is 8.36. The molecule has 0 radical (unpaired) electrons. The fraction of sp³-hybridized carbons (Fsp3) is 0.667. The predicted octanol–water partition coefficient (Wildman–Crippen LogP) is 1.81. The van der Waals surface area contributed by atoms with Crippen LogP contribution in [-0.4, -0.2) is 11.7 Å². The zero-order chi connectivity index (χ0) is 9.03. The molecule has 0 aliphatic carbocycles. The van der Waals surface area contributed by atoms with Gasteiger partial charge < -0.3 is 9.84 Å². The first-order valence-electron chi connectivity index (χ1n) is 4.18. The van der Waals surface area contributed by atoms with Gasteiger partial charge in [-0.3, -0.25) is 0 Å². The summed E-state index contributed by atoms with van der Waals surface area (Å²) in [5, 5.41) is 7.10. The topological polar surface area (TPSA) is 38.1 Å². The molecule has 0 aliphatic rings. The van der Waals surface area contributed by atoms with E-state index in [0.717, 1.165) is 18.8 Å². The summed E-state index contributed by atoms with van der Waals surface area (Å²) in [5.41, 5.74) is 1.28. The summed E-state index contributed by atoms with van der Waals surface area (Å²) in [7, 11) is 0. The van der Waals surface area contributed by atoms with E-state index in [1.165, 1.54) is 0 Å². The van der Waals surface area contributed by atoms with Crippen LogP contribution in [0.1, 0.15) is 26.5 Å². The Morgan fingerprint density at radius 1 is 1.50 bits per heavy atom. The van der Waals surface area contributed by atoms with Crippen molar-refractivity contribution < 1.29 is 4.52 Å². The molecule has 1 heterocycles. The van der Waals surface area contributed by atoms with Crippen LogP contribution in [0.5, 0.6) is 0 Å². The minimum absolute atomic E-state index is 0.323. The smallest absolute Gasteiger partial charge is 0.124 e. The molecule has 0 spiro atoms. The second-order valence-electron chi connectivity index (χ2n) is 4.15. The highest BCUT2D eigenvalue weighted by Gasteiger charge is 2.08. The first-order chi connectivity index (χ1) is 5.58. The Kier molecular flexibility index (Phi) is 2.87. The van der Waals surface area contributed by atoms with Crippen molar-refractivity contribution in [3.05, 3.63) is 18.0 Å². The molecular weight excluding hydrogens is 152 g/mol. The van der Waals surface area contributed by atoms with Gasteiger partial charge in [-0.25, -0.2) is 0 Å². The van der Waals surface area contributed by atoms with Crippen LogP contribution < -0.4 is 5.32 Å². The maximum Gasteiger partial charge on any atom is 0.124 e. The molecule has 0 atom stereocenters. The van der Waals surface area contributed by atoms with E-state index in [2.05, 4.69) is 31.2 Å². The Bertz CT molecular complexity index is 211.